The van der Waals surface area contributed by atoms with Crippen LogP contribution in [0.4, 0.5) is 5.69 Å². The van der Waals surface area contributed by atoms with Crippen LogP contribution in [0, 0.1) is 10.1 Å². The van der Waals surface area contributed by atoms with Crippen molar-refractivity contribution < 1.29 is 14.4 Å². The second kappa shape index (κ2) is 8.97. The summed E-state index contributed by atoms with van der Waals surface area (Å²) in [5.74, 6) is 0. The first-order chi connectivity index (χ1) is 13.2. The second-order valence-corrected chi connectivity index (χ2v) is 6.29. The molecule has 0 bridgehead atoms. The predicted octanol–water partition coefficient (Wildman–Crippen LogP) is 5.27. The number of nitrogens with zero attached hydrogens (tertiary/aromatic N) is 2. The van der Waals surface area contributed by atoms with Gasteiger partial charge in [0.1, 0.15) is 0 Å². The molecule has 4 rings (SSSR count). The second-order valence-electron chi connectivity index (χ2n) is 6.29. The zero-order chi connectivity index (χ0) is 19.2. The number of nitro groups is 1. The van der Waals surface area contributed by atoms with Gasteiger partial charge in [-0.3, -0.25) is 10.1 Å². The van der Waals surface area contributed by atoms with E-state index in [1.54, 1.807) is 12.1 Å². The maximum Gasteiger partial charge on any atom is 0.270 e. The number of aromatic nitrogens is 1. The molecule has 0 amide bonds. The van der Waals surface area contributed by atoms with Gasteiger partial charge in [0.15, 0.2) is 6.29 Å². The van der Waals surface area contributed by atoms with Crippen molar-refractivity contribution in [3.63, 3.8) is 0 Å². The standard InChI is InChI=1S/C19H20N2O4.C2H6/c22-21(23)14-8-9-18-16(13-14)15-5-1-2-6-17(15)20(18)10-12-25-19-7-3-4-11-24-19;1-2/h1-2,5-6,8-9,13,19H,3-4,7,10-12H2;1-2H3. The molecular formula is C21H26N2O4. The first-order valence-electron chi connectivity index (χ1n) is 9.62. The highest BCUT2D eigenvalue weighted by Crippen LogP contribution is 2.31. The lowest BCUT2D eigenvalue weighted by Crippen LogP contribution is -2.23. The van der Waals surface area contributed by atoms with Crippen molar-refractivity contribution >= 4 is 27.5 Å². The van der Waals surface area contributed by atoms with E-state index in [-0.39, 0.29) is 16.9 Å². The number of para-hydroxylation sites is 1. The average molecular weight is 370 g/mol. The summed E-state index contributed by atoms with van der Waals surface area (Å²) >= 11 is 0. The summed E-state index contributed by atoms with van der Waals surface area (Å²) < 4.78 is 13.6. The lowest BCUT2D eigenvalue weighted by Gasteiger charge is -2.22. The summed E-state index contributed by atoms with van der Waals surface area (Å²) in [5.41, 5.74) is 2.16. The van der Waals surface area contributed by atoms with Crippen LogP contribution in [0.1, 0.15) is 33.1 Å². The molecule has 1 aliphatic rings. The normalized spacial score (nSPS) is 16.9. The zero-order valence-corrected chi connectivity index (χ0v) is 15.9. The molecule has 1 saturated heterocycles. The van der Waals surface area contributed by atoms with E-state index in [0.29, 0.717) is 13.2 Å². The Morgan fingerprint density at radius 3 is 2.67 bits per heavy atom. The maximum atomic E-state index is 11.1. The van der Waals surface area contributed by atoms with E-state index in [2.05, 4.69) is 4.57 Å². The third kappa shape index (κ3) is 4.12. The number of benzene rings is 2. The number of hydrogen-bond acceptors (Lipinski definition) is 4. The van der Waals surface area contributed by atoms with Crippen LogP contribution in [0.2, 0.25) is 0 Å². The van der Waals surface area contributed by atoms with Gasteiger partial charge >= 0.3 is 0 Å². The quantitative estimate of drug-likeness (QED) is 0.453. The minimum Gasteiger partial charge on any atom is -0.353 e. The fourth-order valence-electron chi connectivity index (χ4n) is 3.51. The number of ether oxygens (including phenoxy) is 2. The van der Waals surface area contributed by atoms with Gasteiger partial charge in [0, 0.05) is 47.1 Å². The first kappa shape index (κ1) is 19.3. The van der Waals surface area contributed by atoms with Crippen molar-refractivity contribution in [3.05, 3.63) is 52.6 Å². The fraction of sp³-hybridized carbons (Fsp3) is 0.429. The summed E-state index contributed by atoms with van der Waals surface area (Å²) in [5, 5.41) is 13.0. The molecule has 0 N–H and O–H groups in total. The Bertz CT molecular complexity index is 913. The molecule has 2 aromatic carbocycles. The van der Waals surface area contributed by atoms with Crippen LogP contribution in [0.25, 0.3) is 21.8 Å². The van der Waals surface area contributed by atoms with Crippen LogP contribution in [0.3, 0.4) is 0 Å². The highest BCUT2D eigenvalue weighted by molar-refractivity contribution is 6.08. The molecule has 1 atom stereocenters. The van der Waals surface area contributed by atoms with Gasteiger partial charge in [-0.05, 0) is 31.4 Å². The molecule has 144 valence electrons. The molecule has 1 aromatic heterocycles. The van der Waals surface area contributed by atoms with Crippen molar-refractivity contribution in [2.75, 3.05) is 13.2 Å². The summed E-state index contributed by atoms with van der Waals surface area (Å²) in [6.07, 6.45) is 3.08. The van der Waals surface area contributed by atoms with Crippen LogP contribution in [-0.4, -0.2) is 29.0 Å². The molecule has 1 aliphatic heterocycles. The fourth-order valence-corrected chi connectivity index (χ4v) is 3.51. The van der Waals surface area contributed by atoms with E-state index in [0.717, 1.165) is 47.7 Å². The molecular weight excluding hydrogens is 344 g/mol. The van der Waals surface area contributed by atoms with Crippen molar-refractivity contribution in [2.24, 2.45) is 0 Å². The largest absolute Gasteiger partial charge is 0.353 e. The first-order valence-corrected chi connectivity index (χ1v) is 9.62. The van der Waals surface area contributed by atoms with Crippen molar-refractivity contribution in [3.8, 4) is 0 Å². The van der Waals surface area contributed by atoms with E-state index in [1.807, 2.05) is 44.2 Å². The van der Waals surface area contributed by atoms with E-state index in [1.165, 1.54) is 0 Å². The topological polar surface area (TPSA) is 66.5 Å². The Labute approximate surface area is 158 Å². The van der Waals surface area contributed by atoms with Gasteiger partial charge in [-0.15, -0.1) is 0 Å². The highest BCUT2D eigenvalue weighted by atomic mass is 16.7. The Hall–Kier alpha value is -2.44. The Morgan fingerprint density at radius 2 is 1.93 bits per heavy atom. The molecule has 0 radical (unpaired) electrons. The van der Waals surface area contributed by atoms with Gasteiger partial charge in [-0.1, -0.05) is 32.0 Å². The molecule has 27 heavy (non-hydrogen) atoms. The lowest BCUT2D eigenvalue weighted by molar-refractivity contribution is -0.384. The van der Waals surface area contributed by atoms with Gasteiger partial charge in [-0.2, -0.15) is 0 Å². The molecule has 1 unspecified atom stereocenters. The molecule has 2 heterocycles. The Morgan fingerprint density at radius 1 is 1.15 bits per heavy atom. The monoisotopic (exact) mass is 370 g/mol. The third-order valence-corrected chi connectivity index (χ3v) is 4.72. The molecule has 3 aromatic rings. The minimum absolute atomic E-state index is 0.108. The molecule has 0 saturated carbocycles. The smallest absolute Gasteiger partial charge is 0.270 e. The molecule has 0 aliphatic carbocycles. The van der Waals surface area contributed by atoms with Gasteiger partial charge in [0.25, 0.3) is 5.69 Å². The third-order valence-electron chi connectivity index (χ3n) is 4.72. The minimum atomic E-state index is -0.352. The number of nitro benzene ring substituents is 1. The van der Waals surface area contributed by atoms with E-state index in [9.17, 15) is 10.1 Å². The average Bonchev–Trinajstić information content (AvgIpc) is 3.04. The molecule has 0 spiro atoms. The molecule has 6 heteroatoms. The van der Waals surface area contributed by atoms with Crippen molar-refractivity contribution in [2.45, 2.75) is 45.9 Å². The van der Waals surface area contributed by atoms with Gasteiger partial charge in [0.2, 0.25) is 0 Å². The van der Waals surface area contributed by atoms with Crippen LogP contribution < -0.4 is 0 Å². The predicted molar refractivity (Wildman–Crippen MR) is 107 cm³/mol. The summed E-state index contributed by atoms with van der Waals surface area (Å²) in [6.45, 7) is 6.00. The van der Waals surface area contributed by atoms with Gasteiger partial charge < -0.3 is 14.0 Å². The van der Waals surface area contributed by atoms with E-state index < -0.39 is 0 Å². The van der Waals surface area contributed by atoms with E-state index >= 15 is 0 Å². The van der Waals surface area contributed by atoms with Crippen LogP contribution >= 0.6 is 0 Å². The van der Waals surface area contributed by atoms with Crippen LogP contribution in [0.5, 0.6) is 0 Å². The summed E-state index contributed by atoms with van der Waals surface area (Å²) in [6, 6.07) is 13.0. The Balaban J connectivity index is 0.00000102. The van der Waals surface area contributed by atoms with Crippen molar-refractivity contribution in [1.82, 2.24) is 4.57 Å². The number of hydrogen-bond donors (Lipinski definition) is 0. The molecule has 6 nitrogen and oxygen atoms in total. The lowest BCUT2D eigenvalue weighted by atomic mass is 10.1. The number of non-ortho nitro benzene ring substituents is 1. The highest BCUT2D eigenvalue weighted by Gasteiger charge is 2.16. The molecule has 1 fully saturated rings. The van der Waals surface area contributed by atoms with Gasteiger partial charge in [-0.25, -0.2) is 0 Å². The maximum absolute atomic E-state index is 11.1. The van der Waals surface area contributed by atoms with Crippen LogP contribution in [0.15, 0.2) is 42.5 Å². The van der Waals surface area contributed by atoms with Gasteiger partial charge in [0.05, 0.1) is 11.5 Å². The number of rotatable bonds is 5. The zero-order valence-electron chi connectivity index (χ0n) is 15.9. The SMILES string of the molecule is CC.O=[N+]([O-])c1ccc2c(c1)c1ccccc1n2CCOC1CCCCO1. The Kier molecular flexibility index (Phi) is 6.42. The summed E-state index contributed by atoms with van der Waals surface area (Å²) in [7, 11) is 0. The van der Waals surface area contributed by atoms with Crippen molar-refractivity contribution in [1.29, 1.82) is 0 Å². The number of fused-ring (bicyclic) bond motifs is 3. The van der Waals surface area contributed by atoms with E-state index in [4.69, 9.17) is 9.47 Å². The summed E-state index contributed by atoms with van der Waals surface area (Å²) in [4.78, 5) is 10.7. The van der Waals surface area contributed by atoms with Crippen LogP contribution in [-0.2, 0) is 16.0 Å².